The summed E-state index contributed by atoms with van der Waals surface area (Å²) in [6.45, 7) is 6.96. The Kier molecular flexibility index (Phi) is 9.71. The fraction of sp³-hybridized carbons (Fsp3) is 0.412. The monoisotopic (exact) mass is 606 g/mol. The van der Waals surface area contributed by atoms with E-state index in [1.54, 1.807) is 19.2 Å². The Hall–Kier alpha value is -4.15. The van der Waals surface area contributed by atoms with Gasteiger partial charge < -0.3 is 29.4 Å². The highest BCUT2D eigenvalue weighted by Gasteiger charge is 2.48. The molecule has 0 aliphatic carbocycles. The topological polar surface area (TPSA) is 107 Å². The second-order valence-corrected chi connectivity index (χ2v) is 11.1. The van der Waals surface area contributed by atoms with Crippen molar-refractivity contribution in [3.63, 3.8) is 0 Å². The molecule has 0 spiro atoms. The molecule has 2 aliphatic heterocycles. The molecule has 3 aromatic carbocycles. The van der Waals surface area contributed by atoms with Crippen molar-refractivity contribution in [3.05, 3.63) is 82.2 Å². The Balaban J connectivity index is 1.49. The maximum Gasteiger partial charge on any atom is 0.309 e. The molecule has 1 amide bonds. The number of methoxy groups -OCH3 is 1. The standard InChI is InChI=1S/C34H39FN2O7/c1-5-21-15-24(35)16-22(6-2)31(21)36-29(38)18-37-17-27(26-11-12-28-33(20(26)3)44-19-43-28)30(34(39)40)32(37)23-7-9-25(10-8-23)42-14-13-41-4/h7-12,15-16,27,30,32H,5-6,13-14,17-19H2,1-4H3,(H,36,38)(H,39,40)/t27-,30?,32+/m1/s1. The maximum atomic E-state index is 14.2. The molecule has 10 heteroatoms. The zero-order chi connectivity index (χ0) is 31.4. The summed E-state index contributed by atoms with van der Waals surface area (Å²) < 4.78 is 36.3. The van der Waals surface area contributed by atoms with Gasteiger partial charge in [0.2, 0.25) is 12.7 Å². The number of aliphatic carboxylic acids is 1. The number of likely N-dealkylation sites (tertiary alicyclic amines) is 1. The smallest absolute Gasteiger partial charge is 0.309 e. The molecule has 0 bridgehead atoms. The molecule has 2 heterocycles. The third kappa shape index (κ3) is 6.37. The minimum absolute atomic E-state index is 0.0513. The fourth-order valence-electron chi connectivity index (χ4n) is 6.45. The molecule has 234 valence electrons. The first-order valence-corrected chi connectivity index (χ1v) is 14.9. The molecule has 3 atom stereocenters. The molecular formula is C34H39FN2O7. The average molecular weight is 607 g/mol. The highest BCUT2D eigenvalue weighted by molar-refractivity contribution is 5.94. The minimum Gasteiger partial charge on any atom is -0.491 e. The summed E-state index contributed by atoms with van der Waals surface area (Å²) in [6, 6.07) is 13.3. The molecule has 3 aromatic rings. The van der Waals surface area contributed by atoms with E-state index in [1.807, 2.05) is 49.9 Å². The summed E-state index contributed by atoms with van der Waals surface area (Å²) in [5, 5.41) is 13.7. The van der Waals surface area contributed by atoms with Crippen molar-refractivity contribution in [2.24, 2.45) is 5.92 Å². The summed E-state index contributed by atoms with van der Waals surface area (Å²) in [5.74, 6) is -0.988. The van der Waals surface area contributed by atoms with Gasteiger partial charge in [-0.15, -0.1) is 0 Å². The number of amides is 1. The number of carbonyl (C=O) groups excluding carboxylic acids is 1. The summed E-state index contributed by atoms with van der Waals surface area (Å²) in [7, 11) is 1.60. The molecule has 0 radical (unpaired) electrons. The van der Waals surface area contributed by atoms with Gasteiger partial charge in [-0.2, -0.15) is 0 Å². The van der Waals surface area contributed by atoms with Crippen LogP contribution in [-0.2, 0) is 27.2 Å². The van der Waals surface area contributed by atoms with Crippen molar-refractivity contribution in [1.29, 1.82) is 0 Å². The SMILES string of the molecule is CCc1cc(F)cc(CC)c1NC(=O)CN1C[C@H](c2ccc3c(c2C)OCO3)C(C(=O)O)[C@@H]1c1ccc(OCCOC)cc1. The van der Waals surface area contributed by atoms with Gasteiger partial charge in [-0.1, -0.05) is 32.0 Å². The predicted octanol–water partition coefficient (Wildman–Crippen LogP) is 5.49. The van der Waals surface area contributed by atoms with Crippen LogP contribution in [0.2, 0.25) is 0 Å². The van der Waals surface area contributed by atoms with E-state index in [2.05, 4.69) is 5.32 Å². The number of nitrogens with zero attached hydrogens (tertiary/aromatic N) is 1. The second kappa shape index (κ2) is 13.7. The Morgan fingerprint density at radius 2 is 1.75 bits per heavy atom. The lowest BCUT2D eigenvalue weighted by molar-refractivity contribution is -0.143. The van der Waals surface area contributed by atoms with E-state index in [4.69, 9.17) is 18.9 Å². The zero-order valence-electron chi connectivity index (χ0n) is 25.5. The number of carbonyl (C=O) groups is 2. The number of carboxylic acids is 1. The van der Waals surface area contributed by atoms with Crippen LogP contribution in [0.5, 0.6) is 17.2 Å². The van der Waals surface area contributed by atoms with E-state index in [0.29, 0.717) is 55.5 Å². The minimum atomic E-state index is -0.958. The molecule has 5 rings (SSSR count). The highest BCUT2D eigenvalue weighted by atomic mass is 19.1. The highest BCUT2D eigenvalue weighted by Crippen LogP contribution is 2.49. The van der Waals surface area contributed by atoms with Crippen LogP contribution in [-0.4, -0.2) is 62.1 Å². The van der Waals surface area contributed by atoms with Gasteiger partial charge in [-0.05, 0) is 77.9 Å². The number of halogens is 1. The van der Waals surface area contributed by atoms with E-state index < -0.39 is 23.8 Å². The molecule has 44 heavy (non-hydrogen) atoms. The summed E-state index contributed by atoms with van der Waals surface area (Å²) in [6.07, 6.45) is 1.11. The number of ether oxygens (including phenoxy) is 4. The lowest BCUT2D eigenvalue weighted by Gasteiger charge is -2.27. The van der Waals surface area contributed by atoms with Crippen molar-refractivity contribution in [2.75, 3.05) is 45.5 Å². The fourth-order valence-corrected chi connectivity index (χ4v) is 6.45. The lowest BCUT2D eigenvalue weighted by Crippen LogP contribution is -2.35. The normalized spacial score (nSPS) is 19.2. The van der Waals surface area contributed by atoms with E-state index in [0.717, 1.165) is 27.8 Å². The Morgan fingerprint density at radius 3 is 2.39 bits per heavy atom. The molecule has 9 nitrogen and oxygen atoms in total. The first kappa shape index (κ1) is 31.3. The van der Waals surface area contributed by atoms with E-state index in [1.165, 1.54) is 12.1 Å². The van der Waals surface area contributed by atoms with Crippen LogP contribution in [0.15, 0.2) is 48.5 Å². The second-order valence-electron chi connectivity index (χ2n) is 11.1. The van der Waals surface area contributed by atoms with Crippen LogP contribution < -0.4 is 19.5 Å². The van der Waals surface area contributed by atoms with Crippen molar-refractivity contribution in [3.8, 4) is 17.2 Å². The average Bonchev–Trinajstić information content (AvgIpc) is 3.64. The maximum absolute atomic E-state index is 14.2. The molecule has 0 saturated carbocycles. The van der Waals surface area contributed by atoms with Gasteiger partial charge in [-0.25, -0.2) is 4.39 Å². The van der Waals surface area contributed by atoms with Gasteiger partial charge in [0.15, 0.2) is 11.5 Å². The van der Waals surface area contributed by atoms with Crippen molar-refractivity contribution >= 4 is 17.6 Å². The molecule has 1 saturated heterocycles. The summed E-state index contributed by atoms with van der Waals surface area (Å²) in [4.78, 5) is 28.6. The summed E-state index contributed by atoms with van der Waals surface area (Å²) >= 11 is 0. The van der Waals surface area contributed by atoms with Gasteiger partial charge in [0.05, 0.1) is 19.1 Å². The van der Waals surface area contributed by atoms with Crippen LogP contribution >= 0.6 is 0 Å². The largest absolute Gasteiger partial charge is 0.491 e. The number of hydrogen-bond donors (Lipinski definition) is 2. The lowest BCUT2D eigenvalue weighted by atomic mass is 9.81. The number of nitrogens with one attached hydrogen (secondary N) is 1. The molecule has 1 fully saturated rings. The quantitative estimate of drug-likeness (QED) is 0.261. The Labute approximate surface area is 256 Å². The van der Waals surface area contributed by atoms with Crippen molar-refractivity contribution in [2.45, 2.75) is 45.6 Å². The molecule has 0 aromatic heterocycles. The van der Waals surface area contributed by atoms with Gasteiger partial charge in [0.1, 0.15) is 18.2 Å². The number of hydrogen-bond acceptors (Lipinski definition) is 7. The molecule has 2 N–H and O–H groups in total. The number of rotatable bonds is 12. The van der Waals surface area contributed by atoms with Gasteiger partial charge >= 0.3 is 5.97 Å². The first-order valence-electron chi connectivity index (χ1n) is 14.9. The Morgan fingerprint density at radius 1 is 1.05 bits per heavy atom. The third-order valence-electron chi connectivity index (χ3n) is 8.53. The van der Waals surface area contributed by atoms with Crippen LogP contribution in [0.1, 0.15) is 53.6 Å². The first-order chi connectivity index (χ1) is 21.2. The number of anilines is 1. The number of aryl methyl sites for hydroxylation is 2. The number of fused-ring (bicyclic) bond motifs is 1. The summed E-state index contributed by atoms with van der Waals surface area (Å²) in [5.41, 5.74) is 4.48. The van der Waals surface area contributed by atoms with Crippen LogP contribution in [0.25, 0.3) is 0 Å². The number of carboxylic acid groups (broad SMARTS) is 1. The molecule has 2 aliphatic rings. The van der Waals surface area contributed by atoms with Gasteiger partial charge in [-0.3, -0.25) is 14.5 Å². The number of benzene rings is 3. The zero-order valence-corrected chi connectivity index (χ0v) is 25.5. The van der Waals surface area contributed by atoms with Gasteiger partial charge in [0, 0.05) is 31.3 Å². The van der Waals surface area contributed by atoms with Crippen LogP contribution in [0, 0.1) is 18.7 Å². The van der Waals surface area contributed by atoms with Crippen LogP contribution in [0.3, 0.4) is 0 Å². The van der Waals surface area contributed by atoms with Gasteiger partial charge in [0.25, 0.3) is 0 Å². The van der Waals surface area contributed by atoms with E-state index >= 15 is 0 Å². The predicted molar refractivity (Wildman–Crippen MR) is 163 cm³/mol. The molecule has 1 unspecified atom stereocenters. The van der Waals surface area contributed by atoms with E-state index in [-0.39, 0.29) is 25.1 Å². The van der Waals surface area contributed by atoms with E-state index in [9.17, 15) is 19.1 Å². The van der Waals surface area contributed by atoms with Crippen molar-refractivity contribution < 1.29 is 38.0 Å². The Bertz CT molecular complexity index is 1490. The van der Waals surface area contributed by atoms with Crippen LogP contribution in [0.4, 0.5) is 10.1 Å². The third-order valence-corrected chi connectivity index (χ3v) is 8.53. The molecular weight excluding hydrogens is 567 g/mol. The van der Waals surface area contributed by atoms with Crippen molar-refractivity contribution in [1.82, 2.24) is 4.90 Å².